The van der Waals surface area contributed by atoms with Crippen LogP contribution in [0.5, 0.6) is 0 Å². The van der Waals surface area contributed by atoms with E-state index in [2.05, 4.69) is 45.1 Å². The largest absolute Gasteiger partial charge is 0.479 e. The number of esters is 3. The van der Waals surface area contributed by atoms with Gasteiger partial charge >= 0.3 is 23.9 Å². The Morgan fingerprint density at radius 3 is 1.23 bits per heavy atom. The number of hydrogen-bond donors (Lipinski definition) is 3. The van der Waals surface area contributed by atoms with Gasteiger partial charge in [0.15, 0.2) is 24.6 Å². The lowest BCUT2D eigenvalue weighted by Gasteiger charge is -2.40. The topological polar surface area (TPSA) is 175 Å². The molecule has 0 amide bonds. The molecular weight excluding hydrogens is 949 g/mol. The molecule has 0 aromatic carbocycles. The highest BCUT2D eigenvalue weighted by Gasteiger charge is 2.50. The van der Waals surface area contributed by atoms with Crippen LogP contribution in [0.3, 0.4) is 0 Å². The Balaban J connectivity index is 2.62. The van der Waals surface area contributed by atoms with Crippen molar-refractivity contribution in [1.29, 1.82) is 0 Å². The summed E-state index contributed by atoms with van der Waals surface area (Å²) in [6.07, 6.45) is 47.1. The molecule has 0 aromatic rings. The van der Waals surface area contributed by atoms with E-state index in [1.54, 1.807) is 0 Å². The molecule has 438 valence electrons. The van der Waals surface area contributed by atoms with Gasteiger partial charge in [0.1, 0.15) is 18.8 Å². The molecule has 1 aliphatic heterocycles. The molecule has 1 rings (SSSR count). The molecule has 1 aliphatic rings. The van der Waals surface area contributed by atoms with Crippen LogP contribution in [0, 0.1) is 0 Å². The van der Waals surface area contributed by atoms with Crippen LogP contribution in [0.4, 0.5) is 0 Å². The minimum absolute atomic E-state index is 0.0676. The molecular formula is C63H114O12. The van der Waals surface area contributed by atoms with Crippen molar-refractivity contribution in [3.05, 3.63) is 24.3 Å². The molecule has 0 bridgehead atoms. The van der Waals surface area contributed by atoms with Crippen molar-refractivity contribution in [2.24, 2.45) is 0 Å². The van der Waals surface area contributed by atoms with E-state index in [1.807, 2.05) is 0 Å². The van der Waals surface area contributed by atoms with E-state index in [0.717, 1.165) is 70.6 Å². The highest BCUT2D eigenvalue weighted by atomic mass is 16.7. The summed E-state index contributed by atoms with van der Waals surface area (Å²) in [5.74, 6) is -3.09. The zero-order chi connectivity index (χ0) is 54.7. The van der Waals surface area contributed by atoms with Gasteiger partial charge in [0.2, 0.25) is 0 Å². The first-order chi connectivity index (χ1) is 36.6. The second-order valence-corrected chi connectivity index (χ2v) is 21.7. The van der Waals surface area contributed by atoms with Crippen molar-refractivity contribution in [2.45, 2.75) is 340 Å². The van der Waals surface area contributed by atoms with E-state index in [4.69, 9.17) is 23.7 Å². The Kier molecular flexibility index (Phi) is 48.6. The van der Waals surface area contributed by atoms with Gasteiger partial charge in [-0.05, 0) is 51.4 Å². The van der Waals surface area contributed by atoms with Gasteiger partial charge in [-0.2, -0.15) is 0 Å². The molecule has 0 aromatic heterocycles. The lowest BCUT2D eigenvalue weighted by Crippen LogP contribution is -2.61. The summed E-state index contributed by atoms with van der Waals surface area (Å²) in [5.41, 5.74) is 0. The monoisotopic (exact) mass is 1060 g/mol. The van der Waals surface area contributed by atoms with Crippen molar-refractivity contribution in [2.75, 3.05) is 13.2 Å². The zero-order valence-corrected chi connectivity index (χ0v) is 48.3. The average molecular weight is 1060 g/mol. The van der Waals surface area contributed by atoms with Crippen molar-refractivity contribution < 1.29 is 58.2 Å². The third kappa shape index (κ3) is 41.9. The number of carbonyl (C=O) groups excluding carboxylic acids is 3. The second kappa shape index (κ2) is 51.9. The van der Waals surface area contributed by atoms with Gasteiger partial charge in [-0.3, -0.25) is 14.4 Å². The average Bonchev–Trinajstić information content (AvgIpc) is 3.39. The Morgan fingerprint density at radius 1 is 0.440 bits per heavy atom. The first-order valence-corrected chi connectivity index (χ1v) is 31.3. The molecule has 0 radical (unpaired) electrons. The molecule has 12 heteroatoms. The highest BCUT2D eigenvalue weighted by molar-refractivity contribution is 5.74. The number of unbranched alkanes of at least 4 members (excludes halogenated alkanes) is 36. The first kappa shape index (κ1) is 70.2. The molecule has 6 atom stereocenters. The summed E-state index contributed by atoms with van der Waals surface area (Å²) in [4.78, 5) is 51.1. The molecule has 0 aliphatic carbocycles. The predicted octanol–water partition coefficient (Wildman–Crippen LogP) is 16.2. The Morgan fingerprint density at radius 2 is 0.800 bits per heavy atom. The van der Waals surface area contributed by atoms with E-state index >= 15 is 0 Å². The third-order valence-electron chi connectivity index (χ3n) is 14.5. The molecule has 12 nitrogen and oxygen atoms in total. The number of allylic oxidation sites excluding steroid dienone is 4. The molecule has 0 saturated carbocycles. The van der Waals surface area contributed by atoms with Crippen LogP contribution in [0.25, 0.3) is 0 Å². The van der Waals surface area contributed by atoms with Crippen molar-refractivity contribution in [3.63, 3.8) is 0 Å². The predicted molar refractivity (Wildman–Crippen MR) is 303 cm³/mol. The van der Waals surface area contributed by atoms with Gasteiger partial charge in [0.25, 0.3) is 0 Å². The van der Waals surface area contributed by atoms with Gasteiger partial charge in [-0.25, -0.2) is 4.79 Å². The van der Waals surface area contributed by atoms with Crippen molar-refractivity contribution in [3.8, 4) is 0 Å². The van der Waals surface area contributed by atoms with E-state index in [0.29, 0.717) is 19.3 Å². The number of carbonyl (C=O) groups is 4. The molecule has 75 heavy (non-hydrogen) atoms. The minimum atomic E-state index is -1.90. The zero-order valence-electron chi connectivity index (χ0n) is 48.3. The maximum Gasteiger partial charge on any atom is 0.335 e. The normalized spacial score (nSPS) is 18.2. The van der Waals surface area contributed by atoms with Gasteiger partial charge in [0.05, 0.1) is 6.61 Å². The lowest BCUT2D eigenvalue weighted by atomic mass is 9.98. The lowest BCUT2D eigenvalue weighted by molar-refractivity contribution is -0.301. The van der Waals surface area contributed by atoms with E-state index in [1.165, 1.54) is 173 Å². The van der Waals surface area contributed by atoms with E-state index in [-0.39, 0.29) is 25.9 Å². The maximum absolute atomic E-state index is 13.1. The number of rotatable bonds is 54. The number of ether oxygens (including phenoxy) is 5. The molecule has 1 heterocycles. The highest BCUT2D eigenvalue weighted by Crippen LogP contribution is 2.27. The molecule has 1 fully saturated rings. The SMILES string of the molecule is CCCCC/C=C\C/C=C\CCCCCCCCCCCC(=O)OCC(COC1OC(C(=O)O)C(O)C(O)C1OC(=O)CCCCCCCCCCCCCCCCC)OC(=O)CCCCCCCCCCCCC. The second-order valence-electron chi connectivity index (χ2n) is 21.7. The molecule has 0 spiro atoms. The van der Waals surface area contributed by atoms with Crippen LogP contribution in [-0.2, 0) is 42.9 Å². The number of carboxylic acid groups (broad SMARTS) is 1. The van der Waals surface area contributed by atoms with E-state index < -0.39 is 67.3 Å². The summed E-state index contributed by atoms with van der Waals surface area (Å²) < 4.78 is 28.5. The first-order valence-electron chi connectivity index (χ1n) is 31.3. The fourth-order valence-electron chi connectivity index (χ4n) is 9.69. The number of aliphatic carboxylic acids is 1. The number of carboxylic acids is 1. The molecule has 1 saturated heterocycles. The smallest absolute Gasteiger partial charge is 0.335 e. The van der Waals surface area contributed by atoms with Crippen LogP contribution < -0.4 is 0 Å². The van der Waals surface area contributed by atoms with Gasteiger partial charge in [-0.1, -0.05) is 257 Å². The maximum atomic E-state index is 13.1. The Labute approximate surface area is 458 Å². The minimum Gasteiger partial charge on any atom is -0.479 e. The summed E-state index contributed by atoms with van der Waals surface area (Å²) in [5, 5.41) is 31.5. The fourth-order valence-corrected chi connectivity index (χ4v) is 9.69. The van der Waals surface area contributed by atoms with Crippen molar-refractivity contribution in [1.82, 2.24) is 0 Å². The molecule has 3 N–H and O–H groups in total. The van der Waals surface area contributed by atoms with Gasteiger partial charge in [0, 0.05) is 19.3 Å². The van der Waals surface area contributed by atoms with Crippen LogP contribution in [0.2, 0.25) is 0 Å². The van der Waals surface area contributed by atoms with Crippen molar-refractivity contribution >= 4 is 23.9 Å². The van der Waals surface area contributed by atoms with Gasteiger partial charge < -0.3 is 39.0 Å². The molecule has 6 unspecified atom stereocenters. The fraction of sp³-hybridized carbons (Fsp3) is 0.873. The Bertz CT molecular complexity index is 1400. The Hall–Kier alpha value is -2.80. The number of aliphatic hydroxyl groups excluding tert-OH is 2. The number of aliphatic hydroxyl groups is 2. The third-order valence-corrected chi connectivity index (χ3v) is 14.5. The summed E-state index contributed by atoms with van der Waals surface area (Å²) in [7, 11) is 0. The van der Waals surface area contributed by atoms with Crippen LogP contribution in [-0.4, -0.2) is 89.2 Å². The summed E-state index contributed by atoms with van der Waals surface area (Å²) >= 11 is 0. The number of hydrogen-bond acceptors (Lipinski definition) is 11. The summed E-state index contributed by atoms with van der Waals surface area (Å²) in [6.45, 7) is 5.99. The van der Waals surface area contributed by atoms with Gasteiger partial charge in [-0.15, -0.1) is 0 Å². The quantitative estimate of drug-likeness (QED) is 0.0228. The van der Waals surface area contributed by atoms with Crippen LogP contribution >= 0.6 is 0 Å². The summed E-state index contributed by atoms with van der Waals surface area (Å²) in [6, 6.07) is 0. The van der Waals surface area contributed by atoms with E-state index in [9.17, 15) is 34.5 Å². The standard InChI is InChI=1S/C63H114O12/c1-4-7-10-13-16-19-22-24-26-27-28-29-31-32-35-37-40-43-46-49-55(64)71-52-54(73-56(65)50-47-44-41-38-34-21-18-15-12-9-6-3)53-72-63-61(59(68)58(67)60(75-63)62(69)70)74-57(66)51-48-45-42-39-36-33-30-25-23-20-17-14-11-8-5-2/h16,19,24,26,54,58-61,63,67-68H,4-15,17-18,20-23,25,27-53H2,1-3H3,(H,69,70)/b19-16-,26-24-. The van der Waals surface area contributed by atoms with Crippen LogP contribution in [0.15, 0.2) is 24.3 Å². The van der Waals surface area contributed by atoms with Crippen LogP contribution in [0.1, 0.15) is 303 Å².